The van der Waals surface area contributed by atoms with Crippen LogP contribution < -0.4 is 4.74 Å². The largest absolute Gasteiger partial charge is 0.489 e. The number of rotatable bonds is 5. The predicted molar refractivity (Wildman–Crippen MR) is 73.6 cm³/mol. The van der Waals surface area contributed by atoms with Gasteiger partial charge < -0.3 is 9.47 Å². The van der Waals surface area contributed by atoms with Crippen LogP contribution in [0.25, 0.3) is 0 Å². The summed E-state index contributed by atoms with van der Waals surface area (Å²) in [7, 11) is -3.56. The number of para-hydroxylation sites is 1. The molecule has 2 aromatic carbocycles. The SMILES string of the molecule is O=S(=O)(c1ccccc1)c1ccccc1OCC1CO1. The van der Waals surface area contributed by atoms with Gasteiger partial charge in [-0.2, -0.15) is 0 Å². The maximum Gasteiger partial charge on any atom is 0.210 e. The van der Waals surface area contributed by atoms with Gasteiger partial charge in [0, 0.05) is 0 Å². The minimum Gasteiger partial charge on any atom is -0.489 e. The molecule has 1 heterocycles. The fourth-order valence-corrected chi connectivity index (χ4v) is 3.28. The highest BCUT2D eigenvalue weighted by Crippen LogP contribution is 2.29. The molecule has 2 aromatic rings. The first kappa shape index (κ1) is 13.1. The molecule has 4 nitrogen and oxygen atoms in total. The summed E-state index contributed by atoms with van der Waals surface area (Å²) in [4.78, 5) is 0.450. The molecule has 3 rings (SSSR count). The van der Waals surface area contributed by atoms with E-state index in [2.05, 4.69) is 0 Å². The van der Waals surface area contributed by atoms with Gasteiger partial charge in [0.05, 0.1) is 11.5 Å². The second kappa shape index (κ2) is 5.26. The van der Waals surface area contributed by atoms with E-state index in [0.717, 1.165) is 0 Å². The first-order valence-corrected chi connectivity index (χ1v) is 7.80. The number of ether oxygens (including phenoxy) is 2. The van der Waals surface area contributed by atoms with Crippen molar-refractivity contribution >= 4 is 9.84 Å². The molecular formula is C15H14O4S. The van der Waals surface area contributed by atoms with Crippen LogP contribution in [0.4, 0.5) is 0 Å². The smallest absolute Gasteiger partial charge is 0.210 e. The average Bonchev–Trinajstić information content (AvgIpc) is 3.30. The molecular weight excluding hydrogens is 276 g/mol. The molecule has 20 heavy (non-hydrogen) atoms. The van der Waals surface area contributed by atoms with E-state index in [4.69, 9.17) is 9.47 Å². The second-order valence-corrected chi connectivity index (χ2v) is 6.45. The van der Waals surface area contributed by atoms with Gasteiger partial charge in [-0.3, -0.25) is 0 Å². The lowest BCUT2D eigenvalue weighted by molar-refractivity contribution is 0.258. The van der Waals surface area contributed by atoms with Crippen molar-refractivity contribution < 1.29 is 17.9 Å². The van der Waals surface area contributed by atoms with Crippen LogP contribution in [0.3, 0.4) is 0 Å². The lowest BCUT2D eigenvalue weighted by Crippen LogP contribution is -2.09. The van der Waals surface area contributed by atoms with Crippen LogP contribution in [0.1, 0.15) is 0 Å². The third-order valence-corrected chi connectivity index (χ3v) is 4.83. The zero-order valence-electron chi connectivity index (χ0n) is 10.7. The molecule has 1 aliphatic rings. The van der Waals surface area contributed by atoms with Crippen molar-refractivity contribution in [2.45, 2.75) is 15.9 Å². The van der Waals surface area contributed by atoms with E-state index in [1.165, 1.54) is 0 Å². The molecule has 1 aliphatic heterocycles. The average molecular weight is 290 g/mol. The number of hydrogen-bond donors (Lipinski definition) is 0. The summed E-state index contributed by atoms with van der Waals surface area (Å²) in [5, 5.41) is 0. The lowest BCUT2D eigenvalue weighted by atomic mass is 10.3. The van der Waals surface area contributed by atoms with Crippen molar-refractivity contribution in [2.75, 3.05) is 13.2 Å². The highest BCUT2D eigenvalue weighted by Gasteiger charge is 2.26. The van der Waals surface area contributed by atoms with E-state index < -0.39 is 9.84 Å². The Morgan fingerprint density at radius 1 is 1.05 bits per heavy atom. The summed E-state index contributed by atoms with van der Waals surface area (Å²) in [6.45, 7) is 1.05. The topological polar surface area (TPSA) is 55.9 Å². The summed E-state index contributed by atoms with van der Waals surface area (Å²) in [6, 6.07) is 15.0. The normalized spacial score (nSPS) is 17.7. The van der Waals surface area contributed by atoms with Crippen LogP contribution in [0.2, 0.25) is 0 Å². The van der Waals surface area contributed by atoms with Crippen molar-refractivity contribution in [3.63, 3.8) is 0 Å². The van der Waals surface area contributed by atoms with Crippen molar-refractivity contribution in [1.29, 1.82) is 0 Å². The predicted octanol–water partition coefficient (Wildman–Crippen LogP) is 2.30. The highest BCUT2D eigenvalue weighted by atomic mass is 32.2. The molecule has 1 fully saturated rings. The fraction of sp³-hybridized carbons (Fsp3) is 0.200. The van der Waals surface area contributed by atoms with Crippen molar-refractivity contribution in [3.8, 4) is 5.75 Å². The van der Waals surface area contributed by atoms with E-state index in [9.17, 15) is 8.42 Å². The van der Waals surface area contributed by atoms with E-state index >= 15 is 0 Å². The van der Waals surface area contributed by atoms with Gasteiger partial charge in [-0.05, 0) is 24.3 Å². The molecule has 1 unspecified atom stereocenters. The first-order valence-electron chi connectivity index (χ1n) is 6.31. The molecule has 0 bridgehead atoms. The van der Waals surface area contributed by atoms with Crippen LogP contribution in [-0.2, 0) is 14.6 Å². The van der Waals surface area contributed by atoms with Gasteiger partial charge >= 0.3 is 0 Å². The Kier molecular flexibility index (Phi) is 3.46. The van der Waals surface area contributed by atoms with E-state index in [0.29, 0.717) is 19.0 Å². The number of hydrogen-bond acceptors (Lipinski definition) is 4. The Morgan fingerprint density at radius 2 is 1.70 bits per heavy atom. The monoisotopic (exact) mass is 290 g/mol. The molecule has 0 radical (unpaired) electrons. The molecule has 0 aliphatic carbocycles. The number of epoxide rings is 1. The van der Waals surface area contributed by atoms with Gasteiger partial charge in [-0.15, -0.1) is 0 Å². The van der Waals surface area contributed by atoms with Crippen LogP contribution in [-0.4, -0.2) is 27.7 Å². The van der Waals surface area contributed by atoms with Gasteiger partial charge in [0.25, 0.3) is 0 Å². The third kappa shape index (κ3) is 2.69. The zero-order chi connectivity index (χ0) is 14.0. The lowest BCUT2D eigenvalue weighted by Gasteiger charge is -2.11. The summed E-state index contributed by atoms with van der Waals surface area (Å²) >= 11 is 0. The van der Waals surface area contributed by atoms with Crippen LogP contribution in [0.5, 0.6) is 5.75 Å². The molecule has 0 saturated carbocycles. The second-order valence-electron chi connectivity index (χ2n) is 4.53. The van der Waals surface area contributed by atoms with Crippen LogP contribution in [0, 0.1) is 0 Å². The van der Waals surface area contributed by atoms with Gasteiger partial charge in [-0.1, -0.05) is 30.3 Å². The zero-order valence-corrected chi connectivity index (χ0v) is 11.5. The Labute approximate surface area is 117 Å². The van der Waals surface area contributed by atoms with Gasteiger partial charge in [0.2, 0.25) is 9.84 Å². The fourth-order valence-electron chi connectivity index (χ4n) is 1.87. The Morgan fingerprint density at radius 3 is 2.40 bits per heavy atom. The molecule has 0 amide bonds. The number of benzene rings is 2. The molecule has 104 valence electrons. The van der Waals surface area contributed by atoms with Gasteiger partial charge in [-0.25, -0.2) is 8.42 Å². The Hall–Kier alpha value is -1.85. The maximum atomic E-state index is 12.6. The minimum atomic E-state index is -3.56. The summed E-state index contributed by atoms with van der Waals surface area (Å²) < 4.78 is 35.8. The third-order valence-electron chi connectivity index (χ3n) is 3.02. The molecule has 0 aromatic heterocycles. The minimum absolute atomic E-state index is 0.0856. The van der Waals surface area contributed by atoms with Crippen LogP contribution in [0.15, 0.2) is 64.4 Å². The van der Waals surface area contributed by atoms with E-state index in [1.807, 2.05) is 0 Å². The summed E-state index contributed by atoms with van der Waals surface area (Å²) in [5.74, 6) is 0.367. The summed E-state index contributed by atoms with van der Waals surface area (Å²) in [6.07, 6.45) is 0.0856. The van der Waals surface area contributed by atoms with Crippen molar-refractivity contribution in [3.05, 3.63) is 54.6 Å². The summed E-state index contributed by atoms with van der Waals surface area (Å²) in [5.41, 5.74) is 0. The van der Waals surface area contributed by atoms with E-state index in [1.54, 1.807) is 54.6 Å². The molecule has 5 heteroatoms. The standard InChI is InChI=1S/C15H14O4S/c16-20(17,13-6-2-1-3-7-13)15-9-5-4-8-14(15)19-11-12-10-18-12/h1-9,12H,10-11H2. The molecule has 1 saturated heterocycles. The van der Waals surface area contributed by atoms with Crippen molar-refractivity contribution in [2.24, 2.45) is 0 Å². The van der Waals surface area contributed by atoms with Gasteiger partial charge in [0.1, 0.15) is 23.4 Å². The van der Waals surface area contributed by atoms with Crippen molar-refractivity contribution in [1.82, 2.24) is 0 Å². The van der Waals surface area contributed by atoms with Crippen LogP contribution >= 0.6 is 0 Å². The van der Waals surface area contributed by atoms with Gasteiger partial charge in [0.15, 0.2) is 0 Å². The quantitative estimate of drug-likeness (QED) is 0.793. The molecule has 0 spiro atoms. The maximum absolute atomic E-state index is 12.6. The van der Waals surface area contributed by atoms with E-state index in [-0.39, 0.29) is 15.9 Å². The molecule has 1 atom stereocenters. The Balaban J connectivity index is 1.96. The Bertz CT molecular complexity index is 691. The molecule has 0 N–H and O–H groups in total. The highest BCUT2D eigenvalue weighted by molar-refractivity contribution is 7.91. The first-order chi connectivity index (χ1) is 9.68. The number of sulfone groups is 1.